The van der Waals surface area contributed by atoms with Crippen molar-refractivity contribution in [2.45, 2.75) is 40.4 Å². The van der Waals surface area contributed by atoms with E-state index < -0.39 is 120 Å². The largest absolute Gasteiger partial charge is 0.480 e. The number of esters is 3. The summed E-state index contributed by atoms with van der Waals surface area (Å²) in [5.74, 6) is -3.71. The Hall–Kier alpha value is -7.71. The van der Waals surface area contributed by atoms with Gasteiger partial charge in [-0.05, 0) is 69.3 Å². The van der Waals surface area contributed by atoms with Crippen molar-refractivity contribution in [3.05, 3.63) is 138 Å². The summed E-state index contributed by atoms with van der Waals surface area (Å²) in [5.41, 5.74) is 3.75. The van der Waals surface area contributed by atoms with Crippen molar-refractivity contribution in [2.24, 2.45) is 5.73 Å². The Labute approximate surface area is 451 Å². The molecule has 0 fully saturated rings. The predicted molar refractivity (Wildman–Crippen MR) is 267 cm³/mol. The Morgan fingerprint density at radius 2 is 0.844 bits per heavy atom. The third-order valence-corrected chi connectivity index (χ3v) is 13.9. The number of hydrogen-bond donors (Lipinski definition) is 3. The smallest absolute Gasteiger partial charge is 0.321 e. The number of nitrogens with two attached hydrogens (primary N) is 1. The SMILES string of the molecule is CCOC(=O)CN.CCOC(=O)CNS(=O)(=O)c1ccc([N+](=O)[O-])cc1.O=[N+]([O-])c1ccc(S(=O)(=O)Cl)cc1.[2H]C([2H])([2H])N(CC(=O)O)S(=O)(=O)c1ccc([N+](=O)[O-])cc1.[2H]C([2H])([2H])N(CC(=O)OCC)S(=O)(=O)c1ccc([N+](=O)[O-])cc1. The third-order valence-electron chi connectivity index (χ3n) is 8.00. The van der Waals surface area contributed by atoms with Crippen LogP contribution in [0.2, 0.25) is 0 Å². The zero-order valence-corrected chi connectivity index (χ0v) is 43.8. The average Bonchev–Trinajstić information content (AvgIpc) is 3.51. The van der Waals surface area contributed by atoms with Gasteiger partial charge in [0.2, 0.25) is 30.1 Å². The van der Waals surface area contributed by atoms with Gasteiger partial charge in [0, 0.05) is 81.4 Å². The first-order chi connectivity index (χ1) is 38.0. The van der Waals surface area contributed by atoms with E-state index in [2.05, 4.69) is 14.2 Å². The number of nitro benzene ring substituents is 4. The van der Waals surface area contributed by atoms with Gasteiger partial charge < -0.3 is 25.1 Å². The number of carbonyl (C=O) groups excluding carboxylic acids is 3. The second kappa shape index (κ2) is 32.7. The maximum absolute atomic E-state index is 12.4. The molecule has 424 valence electrons. The molecule has 0 aliphatic rings. The van der Waals surface area contributed by atoms with Crippen LogP contribution in [0.5, 0.6) is 0 Å². The maximum Gasteiger partial charge on any atom is 0.321 e. The molecule has 0 saturated carbocycles. The van der Waals surface area contributed by atoms with Gasteiger partial charge in [-0.2, -0.15) is 13.3 Å². The average molecular weight is 1200 g/mol. The van der Waals surface area contributed by atoms with Crippen LogP contribution < -0.4 is 10.5 Å². The number of likely N-dealkylation sites (N-methyl/N-ethyl adjacent to an activating group) is 2. The summed E-state index contributed by atoms with van der Waals surface area (Å²) < 4.78 is 153. The van der Waals surface area contributed by atoms with Crippen molar-refractivity contribution < 1.29 is 100 Å². The van der Waals surface area contributed by atoms with Crippen LogP contribution in [0.15, 0.2) is 117 Å². The molecule has 0 aliphatic heterocycles. The molecule has 37 heteroatoms. The number of carbonyl (C=O) groups is 4. The van der Waals surface area contributed by atoms with Crippen LogP contribution in [0.4, 0.5) is 22.7 Å². The van der Waals surface area contributed by atoms with Crippen LogP contribution in [0.1, 0.15) is 29.0 Å². The van der Waals surface area contributed by atoms with Gasteiger partial charge in [0.05, 0.1) is 65.6 Å². The fraction of sp³-hybridized carbons (Fsp3) is 0.300. The summed E-state index contributed by atoms with van der Waals surface area (Å²) in [5, 5.41) is 50.3. The fourth-order valence-corrected chi connectivity index (χ4v) is 8.26. The number of hydrogen-bond acceptors (Lipinski definition) is 24. The van der Waals surface area contributed by atoms with E-state index in [1.54, 1.807) is 13.8 Å². The summed E-state index contributed by atoms with van der Waals surface area (Å²) in [6, 6.07) is 15.7. The minimum Gasteiger partial charge on any atom is -0.480 e. The molecule has 0 aliphatic carbocycles. The van der Waals surface area contributed by atoms with Gasteiger partial charge in [-0.25, -0.2) is 33.7 Å². The summed E-state index contributed by atoms with van der Waals surface area (Å²) in [6.07, 6.45) is 0. The fourth-order valence-electron chi connectivity index (χ4n) is 4.50. The summed E-state index contributed by atoms with van der Waals surface area (Å²) in [6.45, 7) is -3.72. The predicted octanol–water partition coefficient (Wildman–Crippen LogP) is 2.55. The number of ether oxygens (including phenoxy) is 3. The number of carboxylic acid groups (broad SMARTS) is 1. The lowest BCUT2D eigenvalue weighted by Gasteiger charge is -2.15. The van der Waals surface area contributed by atoms with E-state index in [-0.39, 0.29) is 66.9 Å². The van der Waals surface area contributed by atoms with Gasteiger partial charge in [-0.3, -0.25) is 59.6 Å². The van der Waals surface area contributed by atoms with E-state index in [0.29, 0.717) is 6.61 Å². The van der Waals surface area contributed by atoms with E-state index in [1.165, 1.54) is 6.92 Å². The lowest BCUT2D eigenvalue weighted by atomic mass is 10.3. The lowest BCUT2D eigenvalue weighted by Crippen LogP contribution is -2.33. The Bertz CT molecular complexity index is 3370. The standard InChI is InChI=1S/C11H14N2O6S.C10H12N2O6S.C9H10N2O6S.C6H4ClNO4S.C4H9NO2/c1-3-19-11(14)8-12(2)20(17,18)10-6-4-9(5-7-10)13(15)16;1-2-18-10(13)7-11-19(16,17)9-5-3-8(4-6-9)12(14)15;1-10(6-9(12)13)18(16,17)8-4-2-7(3-5-8)11(14)15;7-13(11,12)6-3-1-5(2-4-6)8(9)10;1-2-7-4(6)3-5/h4-7H,3,8H2,1-2H3;3-6,11H,2,7H2,1H3;2-5H,6H2,1H3,(H,12,13);1-4H;2-3,5H2,1H3/i2D3;;1D3;;. The van der Waals surface area contributed by atoms with Gasteiger partial charge >= 0.3 is 23.9 Å². The Morgan fingerprint density at radius 1 is 0.545 bits per heavy atom. The zero-order chi connectivity index (χ0) is 64.5. The molecule has 0 unspecified atom stereocenters. The number of halogens is 1. The maximum atomic E-state index is 12.4. The molecule has 0 saturated heterocycles. The number of carboxylic acids is 1. The van der Waals surface area contributed by atoms with Gasteiger partial charge in [-0.15, -0.1) is 0 Å². The number of nitrogens with one attached hydrogen (secondary N) is 1. The van der Waals surface area contributed by atoms with Crippen molar-refractivity contribution in [3.63, 3.8) is 0 Å². The molecular weight excluding hydrogens is 1140 g/mol. The Morgan fingerprint density at radius 3 is 1.12 bits per heavy atom. The topological polar surface area (TPSA) is 470 Å². The van der Waals surface area contributed by atoms with Gasteiger partial charge in [-0.1, -0.05) is 0 Å². The molecule has 77 heavy (non-hydrogen) atoms. The van der Waals surface area contributed by atoms with Gasteiger partial charge in [0.1, 0.15) is 19.6 Å². The van der Waals surface area contributed by atoms with E-state index in [0.717, 1.165) is 97.1 Å². The molecule has 0 spiro atoms. The van der Waals surface area contributed by atoms with Gasteiger partial charge in [0.25, 0.3) is 31.8 Å². The van der Waals surface area contributed by atoms with Crippen molar-refractivity contribution >= 4 is 96.4 Å². The first-order valence-corrected chi connectivity index (χ1v) is 27.1. The number of rotatable bonds is 21. The number of aliphatic carboxylic acids is 1. The Balaban J connectivity index is 0.00000105. The lowest BCUT2D eigenvalue weighted by molar-refractivity contribution is -0.385. The monoisotopic (exact) mass is 1190 g/mol. The van der Waals surface area contributed by atoms with Crippen molar-refractivity contribution in [2.75, 3.05) is 60.0 Å². The highest BCUT2D eigenvalue weighted by Gasteiger charge is 2.25. The number of sulfonamides is 3. The number of nitrogens with zero attached hydrogens (tertiary/aromatic N) is 6. The molecule has 0 heterocycles. The number of benzene rings is 4. The first-order valence-electron chi connectivity index (χ1n) is 23.4. The van der Waals surface area contributed by atoms with Gasteiger partial charge in [0.15, 0.2) is 0 Å². The zero-order valence-electron chi connectivity index (χ0n) is 45.8. The summed E-state index contributed by atoms with van der Waals surface area (Å²) >= 11 is 0. The highest BCUT2D eigenvalue weighted by atomic mass is 35.7. The molecule has 4 aromatic rings. The van der Waals surface area contributed by atoms with E-state index in [1.807, 2.05) is 4.72 Å². The van der Waals surface area contributed by atoms with Crippen molar-refractivity contribution in [1.82, 2.24) is 13.3 Å². The molecule has 0 amide bonds. The minimum atomic E-state index is -4.63. The third kappa shape index (κ3) is 25.1. The quantitative estimate of drug-likeness (QED) is 0.0355. The second-order valence-corrected chi connectivity index (χ2v) is 21.4. The molecule has 0 atom stereocenters. The van der Waals surface area contributed by atoms with Crippen LogP contribution in [0.3, 0.4) is 0 Å². The van der Waals surface area contributed by atoms with Crippen LogP contribution >= 0.6 is 10.7 Å². The highest BCUT2D eigenvalue weighted by Crippen LogP contribution is 2.21. The molecule has 4 N–H and O–H groups in total. The molecule has 32 nitrogen and oxygen atoms in total. The van der Waals surface area contributed by atoms with Crippen LogP contribution in [-0.4, -0.2) is 151 Å². The molecule has 0 radical (unpaired) electrons. The second-order valence-electron chi connectivity index (χ2n) is 13.3. The Kier molecular flexibility index (Phi) is 24.8. The number of non-ortho nitro benzene ring substituents is 4. The highest BCUT2D eigenvalue weighted by molar-refractivity contribution is 8.13. The number of nitro groups is 4. The molecule has 4 aromatic carbocycles. The summed E-state index contributed by atoms with van der Waals surface area (Å²) in [4.78, 5) is 80.7. The van der Waals surface area contributed by atoms with Crippen LogP contribution in [0, 0.1) is 40.5 Å². The normalized spacial score (nSPS) is 12.5. The van der Waals surface area contributed by atoms with Crippen LogP contribution in [0.25, 0.3) is 0 Å². The first kappa shape index (κ1) is 58.5. The van der Waals surface area contributed by atoms with E-state index >= 15 is 0 Å². The van der Waals surface area contributed by atoms with Crippen LogP contribution in [-0.2, 0) is 72.5 Å². The molecular formula is C40H49ClN8O24S4. The van der Waals surface area contributed by atoms with E-state index in [4.69, 9.17) is 29.7 Å². The molecule has 4 rings (SSSR count). The minimum absolute atomic E-state index is 0.0131. The summed E-state index contributed by atoms with van der Waals surface area (Å²) in [7, 11) is -11.9. The molecule has 0 aromatic heterocycles. The van der Waals surface area contributed by atoms with Crippen molar-refractivity contribution in [3.8, 4) is 0 Å². The molecule has 0 bridgehead atoms. The van der Waals surface area contributed by atoms with Crippen molar-refractivity contribution in [1.29, 1.82) is 0 Å². The van der Waals surface area contributed by atoms with E-state index in [9.17, 15) is 93.3 Å².